The molecule has 0 spiro atoms. The molecule has 1 aromatic heterocycles. The van der Waals surface area contributed by atoms with Crippen molar-refractivity contribution in [3.8, 4) is 0 Å². The third-order valence-electron chi connectivity index (χ3n) is 4.06. The van der Waals surface area contributed by atoms with Crippen LogP contribution in [0.4, 0.5) is 4.39 Å². The van der Waals surface area contributed by atoms with E-state index in [0.29, 0.717) is 6.54 Å². The minimum atomic E-state index is -4.14. The molecule has 1 amide bonds. The number of carbonyl (C=O) groups excluding carboxylic acids is 1. The van der Waals surface area contributed by atoms with E-state index in [0.717, 1.165) is 25.5 Å². The lowest BCUT2D eigenvalue weighted by atomic mass is 10.1. The molecule has 0 saturated heterocycles. The first-order valence-electron chi connectivity index (χ1n) is 8.81. The number of halogens is 1. The molecule has 9 heteroatoms. The zero-order valence-corrected chi connectivity index (χ0v) is 16.2. The average Bonchev–Trinajstić information content (AvgIpc) is 3.12. The van der Waals surface area contributed by atoms with Crippen molar-refractivity contribution in [2.45, 2.75) is 44.2 Å². The first-order chi connectivity index (χ1) is 12.8. The summed E-state index contributed by atoms with van der Waals surface area (Å²) in [5.41, 5.74) is 0. The van der Waals surface area contributed by atoms with E-state index < -0.39 is 32.7 Å². The first kappa shape index (κ1) is 21.0. The standard InChI is InChI=1S/C18H25FN4O3S/c1-14(2)17(22-27(25,26)16-8-4-3-7-15(16)19)18(24)21-9-5-6-11-23-12-10-20-13-23/h3-4,7-8,10,12-14,17,22H,5-6,9,11H2,1-2H3,(H,21,24)/t17-/m0/s1. The lowest BCUT2D eigenvalue weighted by molar-refractivity contribution is -0.123. The number of amides is 1. The minimum absolute atomic E-state index is 0.294. The number of aromatic nitrogens is 2. The number of benzene rings is 1. The number of nitrogens with one attached hydrogen (secondary N) is 2. The summed E-state index contributed by atoms with van der Waals surface area (Å²) in [5.74, 6) is -1.57. The fourth-order valence-electron chi connectivity index (χ4n) is 2.55. The Hall–Kier alpha value is -2.26. The van der Waals surface area contributed by atoms with Gasteiger partial charge >= 0.3 is 0 Å². The highest BCUT2D eigenvalue weighted by Gasteiger charge is 2.29. The molecule has 0 aliphatic carbocycles. The lowest BCUT2D eigenvalue weighted by Gasteiger charge is -2.21. The Morgan fingerprint density at radius 3 is 2.63 bits per heavy atom. The van der Waals surface area contributed by atoms with Crippen LogP contribution in [-0.4, -0.2) is 36.5 Å². The Morgan fingerprint density at radius 2 is 2.00 bits per heavy atom. The van der Waals surface area contributed by atoms with Crippen LogP contribution in [0.5, 0.6) is 0 Å². The van der Waals surface area contributed by atoms with Crippen molar-refractivity contribution >= 4 is 15.9 Å². The molecular weight excluding hydrogens is 371 g/mol. The van der Waals surface area contributed by atoms with Crippen LogP contribution < -0.4 is 10.0 Å². The van der Waals surface area contributed by atoms with Gasteiger partial charge in [-0.05, 0) is 30.9 Å². The molecule has 0 unspecified atom stereocenters. The summed E-state index contributed by atoms with van der Waals surface area (Å²) in [5, 5.41) is 2.75. The van der Waals surface area contributed by atoms with E-state index in [9.17, 15) is 17.6 Å². The van der Waals surface area contributed by atoms with Crippen LogP contribution in [0.3, 0.4) is 0 Å². The fourth-order valence-corrected chi connectivity index (χ4v) is 3.97. The Morgan fingerprint density at radius 1 is 1.26 bits per heavy atom. The largest absolute Gasteiger partial charge is 0.355 e. The van der Waals surface area contributed by atoms with Crippen LogP contribution in [0, 0.1) is 11.7 Å². The Labute approximate surface area is 159 Å². The maximum atomic E-state index is 13.8. The molecular formula is C18H25FN4O3S. The summed E-state index contributed by atoms with van der Waals surface area (Å²) in [6.45, 7) is 4.68. The van der Waals surface area contributed by atoms with Crippen molar-refractivity contribution in [2.24, 2.45) is 5.92 Å². The monoisotopic (exact) mass is 396 g/mol. The first-order valence-corrected chi connectivity index (χ1v) is 10.3. The van der Waals surface area contributed by atoms with E-state index in [4.69, 9.17) is 0 Å². The van der Waals surface area contributed by atoms with Gasteiger partial charge in [0.15, 0.2) is 0 Å². The summed E-state index contributed by atoms with van der Waals surface area (Å²) in [7, 11) is -4.14. The fraction of sp³-hybridized carbons (Fsp3) is 0.444. The second-order valence-electron chi connectivity index (χ2n) is 6.57. The number of unbranched alkanes of at least 4 members (excludes halogenated alkanes) is 1. The van der Waals surface area contributed by atoms with Crippen molar-refractivity contribution in [2.75, 3.05) is 6.54 Å². The predicted octanol–water partition coefficient (Wildman–Crippen LogP) is 1.92. The molecule has 0 bridgehead atoms. The van der Waals surface area contributed by atoms with Crippen LogP contribution >= 0.6 is 0 Å². The van der Waals surface area contributed by atoms with Gasteiger partial charge in [0.05, 0.1) is 6.33 Å². The van der Waals surface area contributed by atoms with Crippen LogP contribution in [0.15, 0.2) is 47.9 Å². The third kappa shape index (κ3) is 6.14. The van der Waals surface area contributed by atoms with Crippen LogP contribution in [0.1, 0.15) is 26.7 Å². The normalized spacial score (nSPS) is 12.9. The molecule has 0 fully saturated rings. The molecule has 2 aromatic rings. The van der Waals surface area contributed by atoms with Crippen molar-refractivity contribution in [3.63, 3.8) is 0 Å². The van der Waals surface area contributed by atoms with Crippen LogP contribution in [-0.2, 0) is 21.4 Å². The van der Waals surface area contributed by atoms with E-state index >= 15 is 0 Å². The van der Waals surface area contributed by atoms with Crippen molar-refractivity contribution in [1.29, 1.82) is 0 Å². The molecule has 148 valence electrons. The van der Waals surface area contributed by atoms with Gasteiger partial charge in [-0.25, -0.2) is 17.8 Å². The van der Waals surface area contributed by atoms with Crippen LogP contribution in [0.2, 0.25) is 0 Å². The van der Waals surface area contributed by atoms with Gasteiger partial charge in [0.25, 0.3) is 0 Å². The molecule has 1 heterocycles. The predicted molar refractivity (Wildman–Crippen MR) is 99.8 cm³/mol. The molecule has 0 saturated carbocycles. The summed E-state index contributed by atoms with van der Waals surface area (Å²) in [6, 6.07) is 4.10. The highest BCUT2D eigenvalue weighted by atomic mass is 32.2. The summed E-state index contributed by atoms with van der Waals surface area (Å²) in [4.78, 5) is 15.9. The number of hydrogen-bond acceptors (Lipinski definition) is 4. The van der Waals surface area contributed by atoms with Gasteiger partial charge in [0.1, 0.15) is 16.8 Å². The zero-order valence-electron chi connectivity index (χ0n) is 15.4. The molecule has 7 nitrogen and oxygen atoms in total. The second kappa shape index (κ2) is 9.61. The molecule has 0 aliphatic heterocycles. The zero-order chi connectivity index (χ0) is 19.9. The smallest absolute Gasteiger partial charge is 0.244 e. The topological polar surface area (TPSA) is 93.1 Å². The SMILES string of the molecule is CC(C)[C@H](NS(=O)(=O)c1ccccc1F)C(=O)NCCCCn1ccnc1. The van der Waals surface area contributed by atoms with Gasteiger partial charge < -0.3 is 9.88 Å². The van der Waals surface area contributed by atoms with E-state index in [2.05, 4.69) is 15.0 Å². The molecule has 0 aliphatic rings. The number of imidazole rings is 1. The maximum Gasteiger partial charge on any atom is 0.244 e. The van der Waals surface area contributed by atoms with Gasteiger partial charge in [0.2, 0.25) is 15.9 Å². The maximum absolute atomic E-state index is 13.8. The van der Waals surface area contributed by atoms with E-state index in [1.54, 1.807) is 26.4 Å². The quantitative estimate of drug-likeness (QED) is 0.600. The number of carbonyl (C=O) groups is 1. The van der Waals surface area contributed by atoms with Crippen molar-refractivity contribution in [1.82, 2.24) is 19.6 Å². The second-order valence-corrected chi connectivity index (χ2v) is 8.25. The van der Waals surface area contributed by atoms with Gasteiger partial charge in [-0.2, -0.15) is 4.72 Å². The Kier molecular flexibility index (Phi) is 7.49. The number of hydrogen-bond donors (Lipinski definition) is 2. The molecule has 2 rings (SSSR count). The molecule has 1 atom stereocenters. The number of rotatable bonds is 10. The van der Waals surface area contributed by atoms with E-state index in [1.807, 2.05) is 10.8 Å². The van der Waals surface area contributed by atoms with Gasteiger partial charge in [0, 0.05) is 25.5 Å². The van der Waals surface area contributed by atoms with E-state index in [-0.39, 0.29) is 5.92 Å². The van der Waals surface area contributed by atoms with E-state index in [1.165, 1.54) is 18.2 Å². The third-order valence-corrected chi connectivity index (χ3v) is 5.53. The van der Waals surface area contributed by atoms with Crippen LogP contribution in [0.25, 0.3) is 0 Å². The highest BCUT2D eigenvalue weighted by Crippen LogP contribution is 2.15. The van der Waals surface area contributed by atoms with Gasteiger partial charge in [-0.1, -0.05) is 26.0 Å². The van der Waals surface area contributed by atoms with Crippen molar-refractivity contribution < 1.29 is 17.6 Å². The Balaban J connectivity index is 1.89. The summed E-state index contributed by atoms with van der Waals surface area (Å²) in [6.07, 6.45) is 6.89. The highest BCUT2D eigenvalue weighted by molar-refractivity contribution is 7.89. The Bertz CT molecular complexity index is 838. The van der Waals surface area contributed by atoms with Crippen molar-refractivity contribution in [3.05, 3.63) is 48.8 Å². The molecule has 1 aromatic carbocycles. The van der Waals surface area contributed by atoms with Gasteiger partial charge in [-0.15, -0.1) is 0 Å². The number of aryl methyl sites for hydroxylation is 1. The van der Waals surface area contributed by atoms with Gasteiger partial charge in [-0.3, -0.25) is 4.79 Å². The summed E-state index contributed by atoms with van der Waals surface area (Å²) >= 11 is 0. The molecule has 27 heavy (non-hydrogen) atoms. The lowest BCUT2D eigenvalue weighted by Crippen LogP contribution is -2.49. The summed E-state index contributed by atoms with van der Waals surface area (Å²) < 4.78 is 43.0. The average molecular weight is 396 g/mol. The number of nitrogens with zero attached hydrogens (tertiary/aromatic N) is 2. The minimum Gasteiger partial charge on any atom is -0.355 e. The molecule has 0 radical (unpaired) electrons. The number of sulfonamides is 1. The molecule has 2 N–H and O–H groups in total.